The van der Waals surface area contributed by atoms with Crippen molar-refractivity contribution in [2.45, 2.75) is 6.92 Å². The minimum atomic E-state index is 0.816. The number of rotatable bonds is 4. The van der Waals surface area contributed by atoms with E-state index in [1.165, 1.54) is 0 Å². The summed E-state index contributed by atoms with van der Waals surface area (Å²) in [5.41, 5.74) is 0. The van der Waals surface area contributed by atoms with Crippen molar-refractivity contribution in [2.75, 3.05) is 0 Å². The molecule has 1 heteroatoms. The van der Waals surface area contributed by atoms with Crippen LogP contribution in [0.1, 0.15) is 6.92 Å². The fourth-order valence-corrected chi connectivity index (χ4v) is 0.977. The molecule has 0 N–H and O–H groups in total. The Morgan fingerprint density at radius 2 is 2.00 bits per heavy atom. The van der Waals surface area contributed by atoms with Gasteiger partial charge in [-0.1, -0.05) is 36.9 Å². The van der Waals surface area contributed by atoms with Gasteiger partial charge in [-0.2, -0.15) is 0 Å². The molecule has 0 aliphatic carbocycles. The van der Waals surface area contributed by atoms with E-state index in [9.17, 15) is 0 Å². The average molecular weight is 186 g/mol. The van der Waals surface area contributed by atoms with Gasteiger partial charge in [-0.15, -0.1) is 0 Å². The maximum Gasteiger partial charge on any atom is 0.127 e. The highest BCUT2D eigenvalue weighted by atomic mass is 16.5. The molecule has 0 saturated carbocycles. The monoisotopic (exact) mass is 186 g/mol. The molecule has 0 aliphatic rings. The minimum Gasteiger partial charge on any atom is -0.458 e. The van der Waals surface area contributed by atoms with E-state index in [1.807, 2.05) is 55.5 Å². The summed E-state index contributed by atoms with van der Waals surface area (Å²) in [4.78, 5) is 0. The molecule has 1 nitrogen and oxygen atoms in total. The summed E-state index contributed by atoms with van der Waals surface area (Å²) in [6, 6.07) is 9.69. The first-order valence-corrected chi connectivity index (χ1v) is 4.55. The van der Waals surface area contributed by atoms with E-state index < -0.39 is 0 Å². The fourth-order valence-electron chi connectivity index (χ4n) is 0.977. The van der Waals surface area contributed by atoms with Crippen LogP contribution in [0, 0.1) is 0 Å². The lowest BCUT2D eigenvalue weighted by Crippen LogP contribution is -1.90. The Morgan fingerprint density at radius 1 is 1.29 bits per heavy atom. The third kappa shape index (κ3) is 3.31. The van der Waals surface area contributed by atoms with Crippen LogP contribution in [0.5, 0.6) is 5.75 Å². The molecule has 1 aromatic rings. The summed E-state index contributed by atoms with van der Waals surface area (Å²) in [6.07, 6.45) is 7.35. The maximum atomic E-state index is 5.59. The Morgan fingerprint density at radius 3 is 2.57 bits per heavy atom. The van der Waals surface area contributed by atoms with Crippen molar-refractivity contribution in [3.63, 3.8) is 0 Å². The van der Waals surface area contributed by atoms with E-state index >= 15 is 0 Å². The molecule has 0 radical (unpaired) electrons. The lowest BCUT2D eigenvalue weighted by molar-refractivity contribution is 0.443. The summed E-state index contributed by atoms with van der Waals surface area (Å²) in [6.45, 7) is 5.54. The molecule has 0 amide bonds. The smallest absolute Gasteiger partial charge is 0.127 e. The third-order valence-electron chi connectivity index (χ3n) is 1.66. The Bertz CT molecular complexity index is 334. The van der Waals surface area contributed by atoms with Crippen molar-refractivity contribution in [3.05, 3.63) is 67.0 Å². The molecule has 0 fully saturated rings. The molecule has 72 valence electrons. The summed E-state index contributed by atoms with van der Waals surface area (Å²) < 4.78 is 5.59. The van der Waals surface area contributed by atoms with Crippen molar-refractivity contribution in [3.8, 4) is 5.75 Å². The molecule has 0 spiro atoms. The van der Waals surface area contributed by atoms with Crippen LogP contribution < -0.4 is 4.74 Å². The highest BCUT2D eigenvalue weighted by Gasteiger charge is 1.93. The van der Waals surface area contributed by atoms with Gasteiger partial charge < -0.3 is 4.74 Å². The van der Waals surface area contributed by atoms with Crippen LogP contribution in [0.15, 0.2) is 67.0 Å². The van der Waals surface area contributed by atoms with E-state index in [4.69, 9.17) is 4.74 Å². The molecular weight excluding hydrogens is 172 g/mol. The zero-order valence-electron chi connectivity index (χ0n) is 8.31. The zero-order chi connectivity index (χ0) is 10.2. The van der Waals surface area contributed by atoms with Gasteiger partial charge in [-0.3, -0.25) is 0 Å². The number of benzene rings is 1. The number of ether oxygens (including phenoxy) is 1. The number of hydrogen-bond donors (Lipinski definition) is 0. The Balaban J connectivity index is 2.67. The zero-order valence-corrected chi connectivity index (χ0v) is 8.31. The maximum absolute atomic E-state index is 5.59. The Labute approximate surface area is 85.0 Å². The number of para-hydroxylation sites is 1. The second kappa shape index (κ2) is 5.81. The van der Waals surface area contributed by atoms with Gasteiger partial charge in [0.2, 0.25) is 0 Å². The summed E-state index contributed by atoms with van der Waals surface area (Å²) in [5, 5.41) is 0. The largest absolute Gasteiger partial charge is 0.458 e. The van der Waals surface area contributed by atoms with Gasteiger partial charge in [0.25, 0.3) is 0 Å². The highest BCUT2D eigenvalue weighted by molar-refractivity contribution is 5.26. The molecule has 0 bridgehead atoms. The third-order valence-corrected chi connectivity index (χ3v) is 1.66. The standard InChI is InChI=1S/C13H14O/c1-3-5-9-12(4-2)14-13-10-7-6-8-11-13/h3-11H,1H2,2H3. The summed E-state index contributed by atoms with van der Waals surface area (Å²) in [5.74, 6) is 1.66. The summed E-state index contributed by atoms with van der Waals surface area (Å²) in [7, 11) is 0. The number of hydrogen-bond acceptors (Lipinski definition) is 1. The first-order chi connectivity index (χ1) is 6.86. The van der Waals surface area contributed by atoms with Crippen LogP contribution >= 0.6 is 0 Å². The van der Waals surface area contributed by atoms with E-state index in [0.29, 0.717) is 0 Å². The quantitative estimate of drug-likeness (QED) is 0.514. The van der Waals surface area contributed by atoms with Gasteiger partial charge in [0, 0.05) is 0 Å². The van der Waals surface area contributed by atoms with E-state index in [2.05, 4.69) is 6.58 Å². The van der Waals surface area contributed by atoms with Crippen molar-refractivity contribution in [1.29, 1.82) is 0 Å². The fraction of sp³-hybridized carbons (Fsp3) is 0.0769. The molecule has 0 unspecified atom stereocenters. The van der Waals surface area contributed by atoms with Gasteiger partial charge in [-0.05, 0) is 31.2 Å². The van der Waals surface area contributed by atoms with Crippen LogP contribution in [-0.2, 0) is 0 Å². The topological polar surface area (TPSA) is 9.23 Å². The van der Waals surface area contributed by atoms with Crippen LogP contribution in [-0.4, -0.2) is 0 Å². The molecule has 0 saturated heterocycles. The van der Waals surface area contributed by atoms with Crippen LogP contribution in [0.2, 0.25) is 0 Å². The Hall–Kier alpha value is -1.76. The molecule has 0 aromatic heterocycles. The first kappa shape index (κ1) is 10.3. The van der Waals surface area contributed by atoms with Crippen LogP contribution in [0.4, 0.5) is 0 Å². The SMILES string of the molecule is C=CC=CC(=CC)Oc1ccccc1. The second-order valence-corrected chi connectivity index (χ2v) is 2.70. The van der Waals surface area contributed by atoms with Crippen molar-refractivity contribution < 1.29 is 4.74 Å². The predicted octanol–water partition coefficient (Wildman–Crippen LogP) is 3.71. The molecule has 1 rings (SSSR count). The molecule has 1 aromatic carbocycles. The second-order valence-electron chi connectivity index (χ2n) is 2.70. The van der Waals surface area contributed by atoms with Crippen LogP contribution in [0.3, 0.4) is 0 Å². The van der Waals surface area contributed by atoms with E-state index in [1.54, 1.807) is 6.08 Å². The van der Waals surface area contributed by atoms with Gasteiger partial charge in [0.1, 0.15) is 11.5 Å². The van der Waals surface area contributed by atoms with Crippen molar-refractivity contribution >= 4 is 0 Å². The predicted molar refractivity (Wildman–Crippen MR) is 60.2 cm³/mol. The van der Waals surface area contributed by atoms with Gasteiger partial charge in [0.15, 0.2) is 0 Å². The van der Waals surface area contributed by atoms with Gasteiger partial charge in [-0.25, -0.2) is 0 Å². The Kier molecular flexibility index (Phi) is 4.29. The molecule has 0 atom stereocenters. The summed E-state index contributed by atoms with van der Waals surface area (Å²) >= 11 is 0. The van der Waals surface area contributed by atoms with Gasteiger partial charge >= 0.3 is 0 Å². The first-order valence-electron chi connectivity index (χ1n) is 4.55. The van der Waals surface area contributed by atoms with Crippen molar-refractivity contribution in [2.24, 2.45) is 0 Å². The lowest BCUT2D eigenvalue weighted by Gasteiger charge is -2.04. The lowest BCUT2D eigenvalue weighted by atomic mass is 10.3. The normalized spacial score (nSPS) is 11.6. The van der Waals surface area contributed by atoms with Crippen molar-refractivity contribution in [1.82, 2.24) is 0 Å². The van der Waals surface area contributed by atoms with E-state index in [-0.39, 0.29) is 0 Å². The van der Waals surface area contributed by atoms with Crippen LogP contribution in [0.25, 0.3) is 0 Å². The molecule has 14 heavy (non-hydrogen) atoms. The van der Waals surface area contributed by atoms with E-state index in [0.717, 1.165) is 11.5 Å². The average Bonchev–Trinajstić information content (AvgIpc) is 2.25. The van der Waals surface area contributed by atoms with Gasteiger partial charge in [0.05, 0.1) is 0 Å². The minimum absolute atomic E-state index is 0.816. The number of allylic oxidation sites excluding steroid dienone is 4. The molecule has 0 heterocycles. The molecular formula is C13H14O. The molecule has 0 aliphatic heterocycles. The highest BCUT2D eigenvalue weighted by Crippen LogP contribution is 2.13.